The average Bonchev–Trinajstić information content (AvgIpc) is 2.14. The Labute approximate surface area is 91.0 Å². The van der Waals surface area contributed by atoms with Crippen LogP contribution in [0.5, 0.6) is 0 Å². The summed E-state index contributed by atoms with van der Waals surface area (Å²) in [6.07, 6.45) is -8.49. The summed E-state index contributed by atoms with van der Waals surface area (Å²) in [6.45, 7) is 0. The first-order valence-corrected chi connectivity index (χ1v) is 4.41. The molecule has 0 unspecified atom stereocenters. The molecule has 0 spiro atoms. The quantitative estimate of drug-likeness (QED) is 0.448. The van der Waals surface area contributed by atoms with Crippen molar-refractivity contribution in [3.63, 3.8) is 0 Å². The molecule has 1 nitrogen and oxygen atoms in total. The van der Waals surface area contributed by atoms with Gasteiger partial charge in [-0.15, -0.1) is 11.6 Å². The maximum absolute atomic E-state index is 12.7. The number of hydrogen-bond donors (Lipinski definition) is 0. The molecular formula is C8H4ClF6N. The summed E-state index contributed by atoms with van der Waals surface area (Å²) in [5, 5.41) is 0. The molecule has 16 heavy (non-hydrogen) atoms. The fourth-order valence-electron chi connectivity index (χ4n) is 1.18. The lowest BCUT2D eigenvalue weighted by Gasteiger charge is -2.15. The minimum atomic E-state index is -5.04. The van der Waals surface area contributed by atoms with Crippen molar-refractivity contribution in [2.24, 2.45) is 0 Å². The molecule has 0 fully saturated rings. The lowest BCUT2D eigenvalue weighted by molar-refractivity contribution is -0.140. The Morgan fingerprint density at radius 3 is 2.25 bits per heavy atom. The molecule has 1 rings (SSSR count). The predicted octanol–water partition coefficient (Wildman–Crippen LogP) is 3.92. The van der Waals surface area contributed by atoms with Gasteiger partial charge in [0.15, 0.2) is 0 Å². The first-order valence-electron chi connectivity index (χ1n) is 3.88. The molecular weight excluding hydrogens is 260 g/mol. The monoisotopic (exact) mass is 263 g/mol. The van der Waals surface area contributed by atoms with E-state index in [0.717, 1.165) is 0 Å². The Morgan fingerprint density at radius 2 is 1.88 bits per heavy atom. The van der Waals surface area contributed by atoms with E-state index in [2.05, 4.69) is 4.98 Å². The molecule has 1 heterocycles. The summed E-state index contributed by atoms with van der Waals surface area (Å²) < 4.78 is 74.6. The smallest absolute Gasteiger partial charge is 0.223 e. The number of hydrogen-bond acceptors (Lipinski definition) is 1. The van der Waals surface area contributed by atoms with E-state index < -0.39 is 41.3 Å². The molecule has 0 aliphatic carbocycles. The van der Waals surface area contributed by atoms with Gasteiger partial charge in [0.1, 0.15) is 0 Å². The number of rotatable bonds is 2. The van der Waals surface area contributed by atoms with Gasteiger partial charge in [0.2, 0.25) is 5.95 Å². The zero-order valence-electron chi connectivity index (χ0n) is 7.45. The van der Waals surface area contributed by atoms with Crippen LogP contribution < -0.4 is 0 Å². The summed E-state index contributed by atoms with van der Waals surface area (Å²) >= 11 is 5.11. The van der Waals surface area contributed by atoms with Crippen molar-refractivity contribution in [2.45, 2.75) is 18.5 Å². The molecule has 0 amide bonds. The summed E-state index contributed by atoms with van der Waals surface area (Å²) in [5.41, 5.74) is -4.06. The Hall–Kier alpha value is -0.980. The number of halogens is 7. The van der Waals surface area contributed by atoms with Crippen LogP contribution in [0.3, 0.4) is 0 Å². The third-order valence-electron chi connectivity index (χ3n) is 1.74. The molecule has 0 aliphatic rings. The van der Waals surface area contributed by atoms with E-state index >= 15 is 0 Å². The number of nitrogens with zero attached hydrogens (tertiary/aromatic N) is 1. The van der Waals surface area contributed by atoms with Crippen molar-refractivity contribution in [3.05, 3.63) is 28.8 Å². The maximum Gasteiger partial charge on any atom is 0.418 e. The summed E-state index contributed by atoms with van der Waals surface area (Å²) in [4.78, 5) is 2.85. The van der Waals surface area contributed by atoms with Crippen molar-refractivity contribution >= 4 is 11.6 Å². The molecule has 1 aromatic heterocycles. The Kier molecular flexibility index (Phi) is 3.67. The van der Waals surface area contributed by atoms with Crippen LogP contribution >= 0.6 is 11.6 Å². The SMILES string of the molecule is Fc1cc(C(F)F)c(C(F)(F)F)c(CCl)n1. The van der Waals surface area contributed by atoms with E-state index in [4.69, 9.17) is 11.6 Å². The summed E-state index contributed by atoms with van der Waals surface area (Å²) in [7, 11) is 0. The first-order chi connectivity index (χ1) is 7.27. The van der Waals surface area contributed by atoms with E-state index in [0.29, 0.717) is 0 Å². The van der Waals surface area contributed by atoms with Gasteiger partial charge in [-0.1, -0.05) is 0 Å². The van der Waals surface area contributed by atoms with Crippen molar-refractivity contribution < 1.29 is 26.3 Å². The average molecular weight is 264 g/mol. The highest BCUT2D eigenvalue weighted by Crippen LogP contribution is 2.38. The van der Waals surface area contributed by atoms with Crippen LogP contribution in [0.1, 0.15) is 23.2 Å². The fraction of sp³-hybridized carbons (Fsp3) is 0.375. The van der Waals surface area contributed by atoms with Crippen LogP contribution in [-0.2, 0) is 12.1 Å². The number of aromatic nitrogens is 1. The van der Waals surface area contributed by atoms with Crippen LogP contribution in [0.2, 0.25) is 0 Å². The second kappa shape index (κ2) is 4.48. The highest BCUT2D eigenvalue weighted by Gasteiger charge is 2.39. The zero-order chi connectivity index (χ0) is 12.5. The molecule has 1 aromatic rings. The van der Waals surface area contributed by atoms with Gasteiger partial charge in [-0.05, 0) is 0 Å². The van der Waals surface area contributed by atoms with Gasteiger partial charge in [0.25, 0.3) is 6.43 Å². The maximum atomic E-state index is 12.7. The third-order valence-corrected chi connectivity index (χ3v) is 1.99. The zero-order valence-corrected chi connectivity index (χ0v) is 8.21. The van der Waals surface area contributed by atoms with Crippen molar-refractivity contribution in [2.75, 3.05) is 0 Å². The lowest BCUT2D eigenvalue weighted by atomic mass is 10.1. The van der Waals surface area contributed by atoms with Crippen molar-refractivity contribution in [1.82, 2.24) is 4.98 Å². The van der Waals surface area contributed by atoms with Gasteiger partial charge < -0.3 is 0 Å². The van der Waals surface area contributed by atoms with Gasteiger partial charge in [0.05, 0.1) is 17.1 Å². The molecule has 90 valence electrons. The Bertz CT molecular complexity index is 389. The normalized spacial score (nSPS) is 12.2. The Morgan fingerprint density at radius 1 is 1.31 bits per heavy atom. The largest absolute Gasteiger partial charge is 0.418 e. The van der Waals surface area contributed by atoms with Crippen LogP contribution in [0, 0.1) is 5.95 Å². The van der Waals surface area contributed by atoms with Crippen LogP contribution in [-0.4, -0.2) is 4.98 Å². The van der Waals surface area contributed by atoms with Crippen molar-refractivity contribution in [1.29, 1.82) is 0 Å². The highest BCUT2D eigenvalue weighted by atomic mass is 35.5. The summed E-state index contributed by atoms with van der Waals surface area (Å²) in [5.74, 6) is -2.22. The standard InChI is InChI=1S/C8H4ClF6N/c9-2-4-6(8(13,14)15)3(7(11)12)1-5(10)16-4/h1,7H,2H2. The number of alkyl halides is 6. The molecule has 8 heteroatoms. The van der Waals surface area contributed by atoms with E-state index in [-0.39, 0.29) is 6.07 Å². The molecule has 0 bridgehead atoms. The molecule has 0 N–H and O–H groups in total. The van der Waals surface area contributed by atoms with E-state index in [1.165, 1.54) is 0 Å². The molecule has 0 atom stereocenters. The van der Waals surface area contributed by atoms with Gasteiger partial charge >= 0.3 is 6.18 Å². The predicted molar refractivity (Wildman–Crippen MR) is 43.7 cm³/mol. The van der Waals surface area contributed by atoms with Gasteiger partial charge in [-0.2, -0.15) is 17.6 Å². The van der Waals surface area contributed by atoms with Crippen LogP contribution in [0.15, 0.2) is 6.07 Å². The topological polar surface area (TPSA) is 12.9 Å². The van der Waals surface area contributed by atoms with Crippen molar-refractivity contribution in [3.8, 4) is 0 Å². The minimum absolute atomic E-state index is 0.0591. The second-order valence-corrected chi connectivity index (χ2v) is 3.06. The number of pyridine rings is 1. The van der Waals surface area contributed by atoms with E-state index in [1.807, 2.05) is 0 Å². The van der Waals surface area contributed by atoms with Gasteiger partial charge in [0, 0.05) is 11.6 Å². The molecule has 0 aliphatic heterocycles. The molecule has 0 radical (unpaired) electrons. The van der Waals surface area contributed by atoms with E-state index in [9.17, 15) is 26.3 Å². The third kappa shape index (κ3) is 2.58. The van der Waals surface area contributed by atoms with Gasteiger partial charge in [-0.3, -0.25) is 0 Å². The lowest BCUT2D eigenvalue weighted by Crippen LogP contribution is -2.15. The second-order valence-electron chi connectivity index (χ2n) is 2.79. The first kappa shape index (κ1) is 13.1. The van der Waals surface area contributed by atoms with Gasteiger partial charge in [-0.25, -0.2) is 13.8 Å². The highest BCUT2D eigenvalue weighted by molar-refractivity contribution is 6.17. The molecule has 0 saturated heterocycles. The summed E-state index contributed by atoms with van der Waals surface area (Å²) in [6, 6.07) is 0.0591. The van der Waals surface area contributed by atoms with Crippen LogP contribution in [0.4, 0.5) is 26.3 Å². The molecule has 0 aromatic carbocycles. The minimum Gasteiger partial charge on any atom is -0.223 e. The van der Waals surface area contributed by atoms with E-state index in [1.54, 1.807) is 0 Å². The molecule has 0 saturated carbocycles. The fourth-order valence-corrected chi connectivity index (χ4v) is 1.37. The Balaban J connectivity index is 3.52. The van der Waals surface area contributed by atoms with Crippen LogP contribution in [0.25, 0.3) is 0 Å².